The van der Waals surface area contributed by atoms with Gasteiger partial charge < -0.3 is 15.2 Å². The van der Waals surface area contributed by atoms with Gasteiger partial charge in [0.15, 0.2) is 6.61 Å². The van der Waals surface area contributed by atoms with Gasteiger partial charge in [-0.2, -0.15) is 0 Å². The van der Waals surface area contributed by atoms with E-state index in [-0.39, 0.29) is 23.7 Å². The summed E-state index contributed by atoms with van der Waals surface area (Å²) in [5.74, 6) is -1.32. The molecule has 0 aliphatic heterocycles. The third-order valence-corrected chi connectivity index (χ3v) is 3.09. The van der Waals surface area contributed by atoms with E-state index in [9.17, 15) is 14.0 Å². The number of hydrogen-bond acceptors (Lipinski definition) is 4. The molecule has 0 spiro atoms. The zero-order valence-corrected chi connectivity index (χ0v) is 12.3. The van der Waals surface area contributed by atoms with Crippen molar-refractivity contribution < 1.29 is 23.8 Å². The molecule has 5 nitrogen and oxygen atoms in total. The maximum atomic E-state index is 12.7. The molecule has 6 heteroatoms. The van der Waals surface area contributed by atoms with Crippen LogP contribution in [-0.2, 0) is 16.0 Å². The van der Waals surface area contributed by atoms with Crippen molar-refractivity contribution in [1.29, 1.82) is 0 Å². The highest BCUT2D eigenvalue weighted by Gasteiger charge is 2.09. The highest BCUT2D eigenvalue weighted by Crippen LogP contribution is 2.10. The second kappa shape index (κ2) is 7.93. The Bertz CT molecular complexity index is 668. The van der Waals surface area contributed by atoms with Crippen molar-refractivity contribution in [2.24, 2.45) is 0 Å². The van der Waals surface area contributed by atoms with E-state index in [0.717, 1.165) is 5.56 Å². The summed E-state index contributed by atoms with van der Waals surface area (Å²) in [4.78, 5) is 23.3. The van der Waals surface area contributed by atoms with Gasteiger partial charge in [-0.1, -0.05) is 12.1 Å². The SMILES string of the molecule is O=C(COC(=O)c1ccc(O)cc1)NCCc1ccc(F)cc1. The summed E-state index contributed by atoms with van der Waals surface area (Å²) in [7, 11) is 0. The predicted octanol–water partition coefficient (Wildman–Crippen LogP) is 2.05. The zero-order chi connectivity index (χ0) is 16.7. The zero-order valence-electron chi connectivity index (χ0n) is 12.3. The van der Waals surface area contributed by atoms with E-state index < -0.39 is 11.9 Å². The molecule has 0 aliphatic rings. The Morgan fingerprint density at radius 2 is 1.70 bits per heavy atom. The number of esters is 1. The van der Waals surface area contributed by atoms with Crippen molar-refractivity contribution in [3.8, 4) is 5.75 Å². The van der Waals surface area contributed by atoms with Crippen molar-refractivity contribution in [2.45, 2.75) is 6.42 Å². The Hall–Kier alpha value is -2.89. The number of rotatable bonds is 6. The summed E-state index contributed by atoms with van der Waals surface area (Å²) < 4.78 is 17.6. The molecule has 2 aromatic rings. The Balaban J connectivity index is 1.69. The van der Waals surface area contributed by atoms with E-state index in [1.165, 1.54) is 36.4 Å². The minimum atomic E-state index is -0.640. The second-order valence-electron chi connectivity index (χ2n) is 4.85. The molecule has 120 valence electrons. The quantitative estimate of drug-likeness (QED) is 0.800. The minimum absolute atomic E-state index is 0.0417. The van der Waals surface area contributed by atoms with Crippen molar-refractivity contribution in [3.05, 3.63) is 65.5 Å². The van der Waals surface area contributed by atoms with Crippen LogP contribution in [0.4, 0.5) is 4.39 Å². The normalized spacial score (nSPS) is 10.1. The van der Waals surface area contributed by atoms with Crippen LogP contribution in [0.25, 0.3) is 0 Å². The van der Waals surface area contributed by atoms with Gasteiger partial charge in [0.2, 0.25) is 0 Å². The van der Waals surface area contributed by atoms with E-state index in [4.69, 9.17) is 9.84 Å². The van der Waals surface area contributed by atoms with Gasteiger partial charge in [-0.15, -0.1) is 0 Å². The molecule has 23 heavy (non-hydrogen) atoms. The van der Waals surface area contributed by atoms with Gasteiger partial charge in [-0.05, 0) is 48.4 Å². The average molecular weight is 317 g/mol. The smallest absolute Gasteiger partial charge is 0.338 e. The molecule has 2 rings (SSSR count). The van der Waals surface area contributed by atoms with Gasteiger partial charge >= 0.3 is 5.97 Å². The molecule has 0 saturated heterocycles. The molecule has 2 aromatic carbocycles. The van der Waals surface area contributed by atoms with Crippen molar-refractivity contribution >= 4 is 11.9 Å². The highest BCUT2D eigenvalue weighted by molar-refractivity contribution is 5.91. The predicted molar refractivity (Wildman–Crippen MR) is 81.5 cm³/mol. The number of phenols is 1. The minimum Gasteiger partial charge on any atom is -0.508 e. The lowest BCUT2D eigenvalue weighted by atomic mass is 10.1. The summed E-state index contributed by atoms with van der Waals surface area (Å²) in [6.07, 6.45) is 0.554. The second-order valence-corrected chi connectivity index (χ2v) is 4.85. The monoisotopic (exact) mass is 317 g/mol. The molecule has 0 unspecified atom stereocenters. The molecule has 0 saturated carbocycles. The number of carbonyl (C=O) groups is 2. The lowest BCUT2D eigenvalue weighted by Crippen LogP contribution is -2.30. The number of amides is 1. The fourth-order valence-corrected chi connectivity index (χ4v) is 1.86. The number of phenolic OH excluding ortho intramolecular Hbond substituents is 1. The first kappa shape index (κ1) is 16.5. The van der Waals surface area contributed by atoms with E-state index in [2.05, 4.69) is 5.32 Å². The van der Waals surface area contributed by atoms with Gasteiger partial charge in [0.05, 0.1) is 5.56 Å². The first-order valence-electron chi connectivity index (χ1n) is 7.02. The molecule has 0 heterocycles. The third kappa shape index (κ3) is 5.43. The van der Waals surface area contributed by atoms with Crippen LogP contribution in [-0.4, -0.2) is 30.1 Å². The van der Waals surface area contributed by atoms with E-state index in [1.54, 1.807) is 12.1 Å². The molecule has 0 aromatic heterocycles. The third-order valence-electron chi connectivity index (χ3n) is 3.09. The van der Waals surface area contributed by atoms with Gasteiger partial charge in [0, 0.05) is 6.54 Å². The number of halogens is 1. The Morgan fingerprint density at radius 3 is 2.35 bits per heavy atom. The molecule has 2 N–H and O–H groups in total. The standard InChI is InChI=1S/C17H16FNO4/c18-14-5-1-12(2-6-14)9-10-19-16(21)11-23-17(22)13-3-7-15(20)8-4-13/h1-8,20H,9-11H2,(H,19,21). The summed E-state index contributed by atoms with van der Waals surface area (Å²) in [5, 5.41) is 11.7. The summed E-state index contributed by atoms with van der Waals surface area (Å²) >= 11 is 0. The highest BCUT2D eigenvalue weighted by atomic mass is 19.1. The van der Waals surface area contributed by atoms with Crippen LogP contribution < -0.4 is 5.32 Å². The van der Waals surface area contributed by atoms with Crippen LogP contribution in [0.15, 0.2) is 48.5 Å². The maximum absolute atomic E-state index is 12.7. The molecule has 0 radical (unpaired) electrons. The van der Waals surface area contributed by atoms with Crippen molar-refractivity contribution in [2.75, 3.05) is 13.2 Å². The van der Waals surface area contributed by atoms with Crippen molar-refractivity contribution in [3.63, 3.8) is 0 Å². The molecule has 0 aliphatic carbocycles. The number of carbonyl (C=O) groups excluding carboxylic acids is 2. The van der Waals surface area contributed by atoms with Gasteiger partial charge in [0.1, 0.15) is 11.6 Å². The number of aromatic hydroxyl groups is 1. The fraction of sp³-hybridized carbons (Fsp3) is 0.176. The van der Waals surface area contributed by atoms with Gasteiger partial charge in [0.25, 0.3) is 5.91 Å². The topological polar surface area (TPSA) is 75.6 Å². The summed E-state index contributed by atoms with van der Waals surface area (Å²) in [5.41, 5.74) is 1.15. The van der Waals surface area contributed by atoms with Crippen LogP contribution in [0.5, 0.6) is 5.75 Å². The Kier molecular flexibility index (Phi) is 5.68. The molecular formula is C17H16FNO4. The summed E-state index contributed by atoms with van der Waals surface area (Å²) in [6.45, 7) is -0.0235. The molecular weight excluding hydrogens is 301 g/mol. The molecule has 0 bridgehead atoms. The van der Waals surface area contributed by atoms with Crippen LogP contribution in [0.3, 0.4) is 0 Å². The number of ether oxygens (including phenoxy) is 1. The maximum Gasteiger partial charge on any atom is 0.338 e. The lowest BCUT2D eigenvalue weighted by molar-refractivity contribution is -0.124. The number of hydrogen-bond donors (Lipinski definition) is 2. The van der Waals surface area contributed by atoms with Crippen LogP contribution in [0.2, 0.25) is 0 Å². The van der Waals surface area contributed by atoms with Gasteiger partial charge in [-0.3, -0.25) is 4.79 Å². The van der Waals surface area contributed by atoms with E-state index >= 15 is 0 Å². The average Bonchev–Trinajstić information content (AvgIpc) is 2.55. The molecule has 1 amide bonds. The van der Waals surface area contributed by atoms with Gasteiger partial charge in [-0.25, -0.2) is 9.18 Å². The molecule has 0 atom stereocenters. The van der Waals surface area contributed by atoms with Crippen molar-refractivity contribution in [1.82, 2.24) is 5.32 Å². The Morgan fingerprint density at radius 1 is 1.04 bits per heavy atom. The van der Waals surface area contributed by atoms with Crippen LogP contribution >= 0.6 is 0 Å². The lowest BCUT2D eigenvalue weighted by Gasteiger charge is -2.07. The fourth-order valence-electron chi connectivity index (χ4n) is 1.86. The molecule has 0 fully saturated rings. The summed E-state index contributed by atoms with van der Waals surface area (Å²) in [6, 6.07) is 11.5. The first-order valence-corrected chi connectivity index (χ1v) is 7.02. The first-order chi connectivity index (χ1) is 11.0. The largest absolute Gasteiger partial charge is 0.508 e. The van der Waals surface area contributed by atoms with Crippen LogP contribution in [0, 0.1) is 5.82 Å². The Labute approximate surface area is 132 Å². The van der Waals surface area contributed by atoms with Crippen LogP contribution in [0.1, 0.15) is 15.9 Å². The van der Waals surface area contributed by atoms with E-state index in [1.807, 2.05) is 0 Å². The number of benzene rings is 2. The number of nitrogens with one attached hydrogen (secondary N) is 1. The van der Waals surface area contributed by atoms with E-state index in [0.29, 0.717) is 13.0 Å².